The van der Waals surface area contributed by atoms with Gasteiger partial charge < -0.3 is 14.2 Å². The van der Waals surface area contributed by atoms with Crippen LogP contribution in [0.3, 0.4) is 0 Å². The maximum Gasteiger partial charge on any atom is 0.276 e. The van der Waals surface area contributed by atoms with Gasteiger partial charge in [-0.3, -0.25) is 4.79 Å². The van der Waals surface area contributed by atoms with Crippen molar-refractivity contribution in [3.63, 3.8) is 0 Å². The van der Waals surface area contributed by atoms with Crippen molar-refractivity contribution in [2.45, 2.75) is 45.1 Å². The van der Waals surface area contributed by atoms with Crippen molar-refractivity contribution in [3.05, 3.63) is 17.5 Å². The molecule has 1 amide bonds. The van der Waals surface area contributed by atoms with E-state index in [-0.39, 0.29) is 17.4 Å². The number of likely N-dealkylation sites (tertiary alicyclic amines) is 1. The summed E-state index contributed by atoms with van der Waals surface area (Å²) in [5.41, 5.74) is 0.577. The van der Waals surface area contributed by atoms with Crippen molar-refractivity contribution >= 4 is 5.91 Å². The molecule has 5 nitrogen and oxygen atoms in total. The van der Waals surface area contributed by atoms with Gasteiger partial charge >= 0.3 is 0 Å². The molecule has 1 spiro atoms. The van der Waals surface area contributed by atoms with Gasteiger partial charge in [0.25, 0.3) is 5.91 Å². The molecule has 1 aromatic rings. The van der Waals surface area contributed by atoms with E-state index in [0.717, 1.165) is 38.8 Å². The van der Waals surface area contributed by atoms with Gasteiger partial charge in [-0.05, 0) is 32.6 Å². The van der Waals surface area contributed by atoms with Gasteiger partial charge in [-0.15, -0.1) is 0 Å². The van der Waals surface area contributed by atoms with Crippen LogP contribution in [-0.2, 0) is 4.74 Å². The SMILES string of the molecule is CO[C@@H]1CCC[C@]12CCCN(C(=O)c1cc(C)on1)C2. The fraction of sp³-hybridized carbons (Fsp3) is 0.733. The Balaban J connectivity index is 1.76. The Bertz CT molecular complexity index is 499. The molecular formula is C15H22N2O3. The molecule has 110 valence electrons. The zero-order chi connectivity index (χ0) is 14.2. The lowest BCUT2D eigenvalue weighted by molar-refractivity contribution is -0.0297. The summed E-state index contributed by atoms with van der Waals surface area (Å²) in [5.74, 6) is 0.665. The summed E-state index contributed by atoms with van der Waals surface area (Å²) in [4.78, 5) is 14.4. The van der Waals surface area contributed by atoms with Crippen molar-refractivity contribution in [1.82, 2.24) is 10.1 Å². The third kappa shape index (κ3) is 2.24. The van der Waals surface area contributed by atoms with Gasteiger partial charge in [-0.2, -0.15) is 0 Å². The Labute approximate surface area is 119 Å². The quantitative estimate of drug-likeness (QED) is 0.833. The molecule has 0 bridgehead atoms. The van der Waals surface area contributed by atoms with E-state index in [4.69, 9.17) is 9.26 Å². The van der Waals surface area contributed by atoms with Gasteiger partial charge in [0.15, 0.2) is 5.69 Å². The number of methoxy groups -OCH3 is 1. The second-order valence-corrected chi connectivity index (χ2v) is 6.13. The first-order valence-corrected chi connectivity index (χ1v) is 7.40. The molecule has 0 N–H and O–H groups in total. The number of hydrogen-bond donors (Lipinski definition) is 0. The van der Waals surface area contributed by atoms with Crippen LogP contribution in [0, 0.1) is 12.3 Å². The normalized spacial score (nSPS) is 30.1. The predicted octanol–water partition coefficient (Wildman–Crippen LogP) is 2.40. The Morgan fingerprint density at radius 3 is 3.00 bits per heavy atom. The Hall–Kier alpha value is -1.36. The molecule has 0 radical (unpaired) electrons. The maximum absolute atomic E-state index is 12.5. The zero-order valence-electron chi connectivity index (χ0n) is 12.2. The van der Waals surface area contributed by atoms with Crippen molar-refractivity contribution in [1.29, 1.82) is 0 Å². The molecule has 0 unspecified atom stereocenters. The lowest BCUT2D eigenvalue weighted by Crippen LogP contribution is -2.49. The molecular weight excluding hydrogens is 256 g/mol. The number of carbonyl (C=O) groups is 1. The van der Waals surface area contributed by atoms with Crippen LogP contribution < -0.4 is 0 Å². The number of carbonyl (C=O) groups excluding carboxylic acids is 1. The molecule has 2 fully saturated rings. The van der Waals surface area contributed by atoms with Crippen molar-refractivity contribution < 1.29 is 14.1 Å². The van der Waals surface area contributed by atoms with Crippen LogP contribution in [0.4, 0.5) is 0 Å². The van der Waals surface area contributed by atoms with E-state index in [9.17, 15) is 4.79 Å². The molecule has 1 saturated carbocycles. The summed E-state index contributed by atoms with van der Waals surface area (Å²) in [6, 6.07) is 1.71. The molecule has 1 aliphatic carbocycles. The van der Waals surface area contributed by atoms with E-state index in [2.05, 4.69) is 5.16 Å². The van der Waals surface area contributed by atoms with Gasteiger partial charge in [0.05, 0.1) is 6.10 Å². The molecule has 1 aliphatic heterocycles. The molecule has 2 atom stereocenters. The Morgan fingerprint density at radius 2 is 2.30 bits per heavy atom. The van der Waals surface area contributed by atoms with Crippen LogP contribution in [0.1, 0.15) is 48.4 Å². The smallest absolute Gasteiger partial charge is 0.276 e. The minimum absolute atomic E-state index is 0.0114. The molecule has 0 aromatic carbocycles. The molecule has 3 rings (SSSR count). The largest absolute Gasteiger partial charge is 0.381 e. The highest BCUT2D eigenvalue weighted by Crippen LogP contribution is 2.46. The first-order valence-electron chi connectivity index (χ1n) is 7.40. The predicted molar refractivity (Wildman–Crippen MR) is 73.5 cm³/mol. The number of nitrogens with zero attached hydrogens (tertiary/aromatic N) is 2. The first kappa shape index (κ1) is 13.6. The highest BCUT2D eigenvalue weighted by molar-refractivity contribution is 5.92. The highest BCUT2D eigenvalue weighted by atomic mass is 16.5. The van der Waals surface area contributed by atoms with Gasteiger partial charge in [-0.1, -0.05) is 11.6 Å². The van der Waals surface area contributed by atoms with Gasteiger partial charge in [-0.25, -0.2) is 0 Å². The first-order chi connectivity index (χ1) is 9.64. The van der Waals surface area contributed by atoms with E-state index in [0.29, 0.717) is 11.5 Å². The number of aromatic nitrogens is 1. The summed E-state index contributed by atoms with van der Waals surface area (Å²) in [5, 5.41) is 3.85. The second kappa shape index (κ2) is 5.20. The van der Waals surface area contributed by atoms with Crippen molar-refractivity contribution in [3.8, 4) is 0 Å². The molecule has 2 heterocycles. The number of amides is 1. The van der Waals surface area contributed by atoms with Crippen molar-refractivity contribution in [2.24, 2.45) is 5.41 Å². The standard InChI is InChI=1S/C15H22N2O3/c1-11-9-12(16-20-11)14(18)17-8-4-7-15(10-17)6-3-5-13(15)19-2/h9,13H,3-8,10H2,1-2H3/t13-,15-/m1/s1. The fourth-order valence-electron chi connectivity index (χ4n) is 3.90. The number of rotatable bonds is 2. The zero-order valence-corrected chi connectivity index (χ0v) is 12.2. The van der Waals surface area contributed by atoms with Gasteiger partial charge in [0, 0.05) is 31.7 Å². The summed E-state index contributed by atoms with van der Waals surface area (Å²) < 4.78 is 10.7. The summed E-state index contributed by atoms with van der Waals surface area (Å²) in [6.07, 6.45) is 5.96. The number of piperidine rings is 1. The van der Waals surface area contributed by atoms with Crippen LogP contribution in [-0.4, -0.2) is 42.3 Å². The Morgan fingerprint density at radius 1 is 1.50 bits per heavy atom. The number of ether oxygens (including phenoxy) is 1. The molecule has 5 heteroatoms. The highest BCUT2D eigenvalue weighted by Gasteiger charge is 2.46. The fourth-order valence-corrected chi connectivity index (χ4v) is 3.90. The van der Waals surface area contributed by atoms with Crippen LogP contribution in [0.25, 0.3) is 0 Å². The Kier molecular flexibility index (Phi) is 3.54. The molecule has 2 aliphatic rings. The second-order valence-electron chi connectivity index (χ2n) is 6.13. The van der Waals surface area contributed by atoms with Gasteiger partial charge in [0.2, 0.25) is 0 Å². The van der Waals surface area contributed by atoms with E-state index in [1.807, 2.05) is 4.90 Å². The molecule has 1 saturated heterocycles. The minimum Gasteiger partial charge on any atom is -0.381 e. The van der Waals surface area contributed by atoms with E-state index in [1.54, 1.807) is 20.1 Å². The third-order valence-corrected chi connectivity index (χ3v) is 4.85. The van der Waals surface area contributed by atoms with Gasteiger partial charge in [0.1, 0.15) is 5.76 Å². The van der Waals surface area contributed by atoms with Crippen LogP contribution in [0.5, 0.6) is 0 Å². The van der Waals surface area contributed by atoms with Crippen molar-refractivity contribution in [2.75, 3.05) is 20.2 Å². The summed E-state index contributed by atoms with van der Waals surface area (Å²) in [6.45, 7) is 3.40. The maximum atomic E-state index is 12.5. The lowest BCUT2D eigenvalue weighted by Gasteiger charge is -2.43. The lowest BCUT2D eigenvalue weighted by atomic mass is 9.76. The average Bonchev–Trinajstić information content (AvgIpc) is 3.05. The third-order valence-electron chi connectivity index (χ3n) is 4.85. The van der Waals surface area contributed by atoms with E-state index < -0.39 is 0 Å². The molecule has 1 aromatic heterocycles. The summed E-state index contributed by atoms with van der Waals surface area (Å²) in [7, 11) is 1.79. The number of aryl methyl sites for hydroxylation is 1. The van der Waals surface area contributed by atoms with Crippen LogP contribution in [0.15, 0.2) is 10.6 Å². The van der Waals surface area contributed by atoms with E-state index in [1.165, 1.54) is 6.42 Å². The minimum atomic E-state index is -0.0114. The topological polar surface area (TPSA) is 55.6 Å². The van der Waals surface area contributed by atoms with Crippen LogP contribution in [0.2, 0.25) is 0 Å². The van der Waals surface area contributed by atoms with E-state index >= 15 is 0 Å². The van der Waals surface area contributed by atoms with Crippen LogP contribution >= 0.6 is 0 Å². The average molecular weight is 278 g/mol. The summed E-state index contributed by atoms with van der Waals surface area (Å²) >= 11 is 0. The monoisotopic (exact) mass is 278 g/mol. The molecule has 20 heavy (non-hydrogen) atoms. The number of hydrogen-bond acceptors (Lipinski definition) is 4.